The summed E-state index contributed by atoms with van der Waals surface area (Å²) in [5, 5.41) is 3.31. The smallest absolute Gasteiger partial charge is 0.228 e. The monoisotopic (exact) mass is 445 g/mol. The van der Waals surface area contributed by atoms with Crippen LogP contribution >= 0.6 is 23.2 Å². The number of carbonyl (C=O) groups excluding carboxylic acids is 1. The zero-order valence-corrected chi connectivity index (χ0v) is 18.3. The minimum absolute atomic E-state index is 0.191. The molecular weight excluding hydrogens is 425 g/mol. The lowest BCUT2D eigenvalue weighted by Crippen LogP contribution is -2.14. The van der Waals surface area contributed by atoms with Gasteiger partial charge in [-0.3, -0.25) is 9.78 Å². The van der Waals surface area contributed by atoms with Crippen LogP contribution in [0.3, 0.4) is 0 Å². The molecule has 30 heavy (non-hydrogen) atoms. The summed E-state index contributed by atoms with van der Waals surface area (Å²) >= 11 is 12.7. The molecule has 6 nitrogen and oxygen atoms in total. The Labute approximate surface area is 185 Å². The molecule has 2 aromatic heterocycles. The van der Waals surface area contributed by atoms with Gasteiger partial charge in [0.2, 0.25) is 11.8 Å². The summed E-state index contributed by atoms with van der Waals surface area (Å²) in [6.45, 7) is 4.07. The molecule has 8 heteroatoms. The van der Waals surface area contributed by atoms with E-state index in [0.29, 0.717) is 17.3 Å². The van der Waals surface area contributed by atoms with Crippen LogP contribution in [0.1, 0.15) is 30.9 Å². The number of methoxy groups -OCH3 is 1. The van der Waals surface area contributed by atoms with E-state index >= 15 is 0 Å². The minimum Gasteiger partial charge on any atom is -0.481 e. The molecule has 0 saturated heterocycles. The van der Waals surface area contributed by atoms with Crippen molar-refractivity contribution in [2.24, 2.45) is 0 Å². The van der Waals surface area contributed by atoms with E-state index in [0.717, 1.165) is 11.1 Å². The van der Waals surface area contributed by atoms with Crippen molar-refractivity contribution in [2.75, 3.05) is 12.4 Å². The fraction of sp³-hybridized carbons (Fsp3) is 0.227. The molecule has 0 atom stereocenters. The van der Waals surface area contributed by atoms with Gasteiger partial charge in [0.05, 0.1) is 29.8 Å². The van der Waals surface area contributed by atoms with Crippen molar-refractivity contribution >= 4 is 34.8 Å². The summed E-state index contributed by atoms with van der Waals surface area (Å²) in [5.74, 6) is 1.30. The molecule has 1 N–H and O–H groups in total. The summed E-state index contributed by atoms with van der Waals surface area (Å²) in [5.41, 5.74) is 2.18. The Kier molecular flexibility index (Phi) is 7.13. The van der Waals surface area contributed by atoms with Crippen molar-refractivity contribution in [3.63, 3.8) is 0 Å². The molecule has 0 radical (unpaired) electrons. The van der Waals surface area contributed by atoms with E-state index in [9.17, 15) is 4.79 Å². The van der Waals surface area contributed by atoms with Gasteiger partial charge in [-0.05, 0) is 35.7 Å². The fourth-order valence-corrected chi connectivity index (χ4v) is 3.39. The number of benzene rings is 1. The summed E-state index contributed by atoms with van der Waals surface area (Å²) in [6, 6.07) is 8.63. The zero-order chi connectivity index (χ0) is 21.7. The standard InChI is InChI=1S/C22H21Cl2N3O3/c1-13(2)17-10-16(12-26-22(17)29-3)30-21-18(23)8-15(9-19(21)24)27-20(28)7-14-5-4-6-25-11-14/h4-6,8-13H,7H2,1-3H3,(H,27,28). The van der Waals surface area contributed by atoms with Crippen LogP contribution in [0.5, 0.6) is 17.4 Å². The number of aromatic nitrogens is 2. The summed E-state index contributed by atoms with van der Waals surface area (Å²) in [7, 11) is 1.57. The van der Waals surface area contributed by atoms with Gasteiger partial charge in [-0.1, -0.05) is 43.1 Å². The number of ether oxygens (including phenoxy) is 2. The number of hydrogen-bond acceptors (Lipinski definition) is 5. The molecule has 0 spiro atoms. The lowest BCUT2D eigenvalue weighted by Gasteiger charge is -2.15. The molecule has 0 aliphatic heterocycles. The third kappa shape index (κ3) is 5.40. The molecule has 156 valence electrons. The SMILES string of the molecule is COc1ncc(Oc2c(Cl)cc(NC(=O)Cc3cccnc3)cc2Cl)cc1C(C)C. The van der Waals surface area contributed by atoms with E-state index in [1.165, 1.54) is 0 Å². The van der Waals surface area contributed by atoms with Crippen molar-refractivity contribution in [1.29, 1.82) is 0 Å². The van der Waals surface area contributed by atoms with Gasteiger partial charge in [-0.15, -0.1) is 0 Å². The van der Waals surface area contributed by atoms with E-state index in [4.69, 9.17) is 32.7 Å². The quantitative estimate of drug-likeness (QED) is 0.490. The first-order valence-electron chi connectivity index (χ1n) is 9.27. The van der Waals surface area contributed by atoms with Crippen LogP contribution < -0.4 is 14.8 Å². The number of carbonyl (C=O) groups is 1. The summed E-state index contributed by atoms with van der Waals surface area (Å²) in [6.07, 6.45) is 5.03. The largest absolute Gasteiger partial charge is 0.481 e. The van der Waals surface area contributed by atoms with E-state index in [2.05, 4.69) is 15.3 Å². The third-order valence-corrected chi connectivity index (χ3v) is 4.82. The molecule has 1 aromatic carbocycles. The van der Waals surface area contributed by atoms with Crippen LogP contribution in [-0.2, 0) is 11.2 Å². The van der Waals surface area contributed by atoms with E-state index in [1.54, 1.807) is 43.9 Å². The van der Waals surface area contributed by atoms with Gasteiger partial charge < -0.3 is 14.8 Å². The van der Waals surface area contributed by atoms with Crippen molar-refractivity contribution in [3.05, 3.63) is 70.1 Å². The highest BCUT2D eigenvalue weighted by atomic mass is 35.5. The first kappa shape index (κ1) is 21.9. The first-order valence-corrected chi connectivity index (χ1v) is 10.0. The van der Waals surface area contributed by atoms with Crippen molar-refractivity contribution in [3.8, 4) is 17.4 Å². The maximum atomic E-state index is 12.3. The number of pyridine rings is 2. The number of amides is 1. The predicted molar refractivity (Wildman–Crippen MR) is 118 cm³/mol. The molecule has 0 fully saturated rings. The normalized spacial score (nSPS) is 10.7. The zero-order valence-electron chi connectivity index (χ0n) is 16.8. The number of anilines is 1. The van der Waals surface area contributed by atoms with Crippen LogP contribution in [0.15, 0.2) is 48.9 Å². The third-order valence-electron chi connectivity index (χ3n) is 4.26. The molecule has 2 heterocycles. The van der Waals surface area contributed by atoms with Crippen LogP contribution in [0.4, 0.5) is 5.69 Å². The van der Waals surface area contributed by atoms with Gasteiger partial charge in [0, 0.05) is 23.6 Å². The van der Waals surface area contributed by atoms with E-state index < -0.39 is 0 Å². The second kappa shape index (κ2) is 9.78. The summed E-state index contributed by atoms with van der Waals surface area (Å²) in [4.78, 5) is 20.5. The molecule has 1 amide bonds. The van der Waals surface area contributed by atoms with Gasteiger partial charge in [-0.2, -0.15) is 0 Å². The lowest BCUT2D eigenvalue weighted by molar-refractivity contribution is -0.115. The molecule has 0 aliphatic rings. The molecule has 0 unspecified atom stereocenters. The number of nitrogens with one attached hydrogen (secondary N) is 1. The Morgan fingerprint density at radius 3 is 2.50 bits per heavy atom. The number of nitrogens with zero attached hydrogens (tertiary/aromatic N) is 2. The Balaban J connectivity index is 1.76. The highest BCUT2D eigenvalue weighted by Gasteiger charge is 2.15. The second-order valence-electron chi connectivity index (χ2n) is 6.88. The fourth-order valence-electron chi connectivity index (χ4n) is 2.83. The van der Waals surface area contributed by atoms with Gasteiger partial charge in [0.1, 0.15) is 5.75 Å². The average Bonchev–Trinajstić information content (AvgIpc) is 2.71. The van der Waals surface area contributed by atoms with Crippen LogP contribution in [0, 0.1) is 0 Å². The van der Waals surface area contributed by atoms with Crippen molar-refractivity contribution in [1.82, 2.24) is 9.97 Å². The Bertz CT molecular complexity index is 1020. The van der Waals surface area contributed by atoms with Gasteiger partial charge in [0.25, 0.3) is 0 Å². The maximum absolute atomic E-state index is 12.3. The van der Waals surface area contributed by atoms with Gasteiger partial charge in [0.15, 0.2) is 5.75 Å². The topological polar surface area (TPSA) is 73.3 Å². The molecular formula is C22H21Cl2N3O3. The predicted octanol–water partition coefficient (Wildman–Crippen LogP) is 5.89. The highest BCUT2D eigenvalue weighted by molar-refractivity contribution is 6.37. The van der Waals surface area contributed by atoms with Crippen LogP contribution in [-0.4, -0.2) is 23.0 Å². The van der Waals surface area contributed by atoms with Crippen molar-refractivity contribution in [2.45, 2.75) is 26.2 Å². The number of halogens is 2. The first-order chi connectivity index (χ1) is 14.4. The molecule has 3 rings (SSSR count). The minimum atomic E-state index is -0.204. The Hall–Kier alpha value is -2.83. The Morgan fingerprint density at radius 1 is 1.17 bits per heavy atom. The molecule has 0 bridgehead atoms. The number of rotatable bonds is 7. The van der Waals surface area contributed by atoms with Crippen LogP contribution in [0.2, 0.25) is 10.0 Å². The maximum Gasteiger partial charge on any atom is 0.228 e. The Morgan fingerprint density at radius 2 is 1.90 bits per heavy atom. The molecule has 0 aliphatic carbocycles. The van der Waals surface area contributed by atoms with Crippen molar-refractivity contribution < 1.29 is 14.3 Å². The average molecular weight is 446 g/mol. The van der Waals surface area contributed by atoms with Gasteiger partial charge in [-0.25, -0.2) is 4.98 Å². The molecule has 0 saturated carbocycles. The van der Waals surface area contributed by atoms with E-state index in [1.807, 2.05) is 26.0 Å². The lowest BCUT2D eigenvalue weighted by atomic mass is 10.1. The molecule has 3 aromatic rings. The highest BCUT2D eigenvalue weighted by Crippen LogP contribution is 2.40. The second-order valence-corrected chi connectivity index (χ2v) is 7.70. The van der Waals surface area contributed by atoms with Gasteiger partial charge >= 0.3 is 0 Å². The summed E-state index contributed by atoms with van der Waals surface area (Å²) < 4.78 is 11.2. The van der Waals surface area contributed by atoms with E-state index in [-0.39, 0.29) is 34.0 Å². The van der Waals surface area contributed by atoms with Crippen LogP contribution in [0.25, 0.3) is 0 Å². The number of hydrogen-bond donors (Lipinski definition) is 1.